The van der Waals surface area contributed by atoms with Gasteiger partial charge in [-0.2, -0.15) is 0 Å². The molecule has 5 nitrogen and oxygen atoms in total. The molecule has 2 aromatic carbocycles. The Morgan fingerprint density at radius 1 is 1.07 bits per heavy atom. The van der Waals surface area contributed by atoms with Crippen LogP contribution in [0.1, 0.15) is 24.0 Å². The second-order valence-electron chi connectivity index (χ2n) is 6.85. The summed E-state index contributed by atoms with van der Waals surface area (Å²) in [6, 6.07) is 15.8. The van der Waals surface area contributed by atoms with Crippen LogP contribution in [0.15, 0.2) is 48.5 Å². The summed E-state index contributed by atoms with van der Waals surface area (Å²) in [4.78, 5) is 14.6. The van der Waals surface area contributed by atoms with Crippen LogP contribution in [-0.4, -0.2) is 37.2 Å². The lowest BCUT2D eigenvalue weighted by atomic mass is 10.0. The highest BCUT2D eigenvalue weighted by molar-refractivity contribution is 6.30. The number of halogens is 1. The number of piperidine rings is 1. The lowest BCUT2D eigenvalue weighted by Crippen LogP contribution is -2.47. The Hall–Kier alpha value is -2.24. The van der Waals surface area contributed by atoms with Gasteiger partial charge < -0.3 is 15.4 Å². The highest BCUT2D eigenvalue weighted by Gasteiger charge is 2.20. The molecule has 2 amide bonds. The van der Waals surface area contributed by atoms with E-state index in [0.29, 0.717) is 6.54 Å². The van der Waals surface area contributed by atoms with Crippen LogP contribution in [0.4, 0.5) is 4.79 Å². The Kier molecular flexibility index (Phi) is 6.96. The predicted molar refractivity (Wildman–Crippen MR) is 108 cm³/mol. The molecule has 0 spiro atoms. The van der Waals surface area contributed by atoms with Gasteiger partial charge in [-0.3, -0.25) is 4.90 Å². The largest absolute Gasteiger partial charge is 0.497 e. The molecule has 1 saturated heterocycles. The summed E-state index contributed by atoms with van der Waals surface area (Å²) in [7, 11) is 1.64. The fraction of sp³-hybridized carbons (Fsp3) is 0.381. The maximum absolute atomic E-state index is 12.1. The van der Waals surface area contributed by atoms with E-state index in [0.717, 1.165) is 48.8 Å². The van der Waals surface area contributed by atoms with Gasteiger partial charge in [-0.05, 0) is 48.2 Å². The zero-order valence-electron chi connectivity index (χ0n) is 15.6. The molecule has 3 rings (SSSR count). The van der Waals surface area contributed by atoms with Crippen molar-refractivity contribution in [2.45, 2.75) is 32.0 Å². The number of nitrogens with zero attached hydrogens (tertiary/aromatic N) is 1. The van der Waals surface area contributed by atoms with Crippen molar-refractivity contribution in [2.24, 2.45) is 0 Å². The van der Waals surface area contributed by atoms with Crippen LogP contribution in [-0.2, 0) is 13.1 Å². The first-order valence-electron chi connectivity index (χ1n) is 9.26. The van der Waals surface area contributed by atoms with Gasteiger partial charge in [-0.15, -0.1) is 0 Å². The number of carbonyl (C=O) groups excluding carboxylic acids is 1. The number of urea groups is 1. The summed E-state index contributed by atoms with van der Waals surface area (Å²) in [6.45, 7) is 3.39. The van der Waals surface area contributed by atoms with E-state index in [1.165, 1.54) is 5.56 Å². The number of nitrogens with one attached hydrogen (secondary N) is 2. The zero-order chi connectivity index (χ0) is 19.1. The highest BCUT2D eigenvalue weighted by atomic mass is 35.5. The zero-order valence-corrected chi connectivity index (χ0v) is 16.3. The number of rotatable bonds is 6. The van der Waals surface area contributed by atoms with Crippen LogP contribution in [0.25, 0.3) is 0 Å². The Balaban J connectivity index is 1.36. The molecule has 0 radical (unpaired) electrons. The number of methoxy groups -OCH3 is 1. The molecule has 1 aliphatic rings. The Labute approximate surface area is 165 Å². The Morgan fingerprint density at radius 2 is 1.70 bits per heavy atom. The highest BCUT2D eigenvalue weighted by Crippen LogP contribution is 2.16. The molecule has 2 aromatic rings. The van der Waals surface area contributed by atoms with E-state index in [9.17, 15) is 4.79 Å². The molecule has 0 atom stereocenters. The first kappa shape index (κ1) is 19.5. The quantitative estimate of drug-likeness (QED) is 0.792. The number of amides is 2. The van der Waals surface area contributed by atoms with Crippen molar-refractivity contribution in [1.29, 1.82) is 0 Å². The Bertz CT molecular complexity index is 726. The fourth-order valence-electron chi connectivity index (χ4n) is 3.25. The third-order valence-corrected chi connectivity index (χ3v) is 5.11. The van der Waals surface area contributed by atoms with Gasteiger partial charge in [0.2, 0.25) is 0 Å². The van der Waals surface area contributed by atoms with Crippen LogP contribution in [0.5, 0.6) is 5.75 Å². The minimum absolute atomic E-state index is 0.109. The summed E-state index contributed by atoms with van der Waals surface area (Å²) in [5.41, 5.74) is 2.31. The number of hydrogen-bond donors (Lipinski definition) is 2. The normalized spacial score (nSPS) is 15.3. The second kappa shape index (κ2) is 9.62. The topological polar surface area (TPSA) is 53.6 Å². The maximum Gasteiger partial charge on any atom is 0.315 e. The van der Waals surface area contributed by atoms with Crippen molar-refractivity contribution in [2.75, 3.05) is 20.2 Å². The molecule has 0 aromatic heterocycles. The van der Waals surface area contributed by atoms with Gasteiger partial charge >= 0.3 is 6.03 Å². The molecule has 2 N–H and O–H groups in total. The van der Waals surface area contributed by atoms with Crippen LogP contribution >= 0.6 is 11.6 Å². The molecule has 27 heavy (non-hydrogen) atoms. The number of carbonyl (C=O) groups is 1. The molecule has 1 fully saturated rings. The summed E-state index contributed by atoms with van der Waals surface area (Å²) >= 11 is 5.94. The van der Waals surface area contributed by atoms with Crippen molar-refractivity contribution in [3.63, 3.8) is 0 Å². The van der Waals surface area contributed by atoms with Gasteiger partial charge in [0.1, 0.15) is 5.75 Å². The van der Waals surface area contributed by atoms with Gasteiger partial charge in [0.15, 0.2) is 0 Å². The standard InChI is InChI=1S/C21H26ClN3O2/c1-27-20-8-4-16(5-9-20)14-23-21(26)24-19-10-12-25(13-11-19)15-17-2-6-18(22)7-3-17/h2-9,19H,10-15H2,1H3,(H2,23,24,26). The van der Waals surface area contributed by atoms with Gasteiger partial charge in [0.25, 0.3) is 0 Å². The summed E-state index contributed by atoms with van der Waals surface area (Å²) in [5, 5.41) is 6.77. The number of ether oxygens (including phenoxy) is 1. The van der Waals surface area contributed by atoms with Crippen molar-refractivity contribution in [3.8, 4) is 5.75 Å². The average Bonchev–Trinajstić information content (AvgIpc) is 2.70. The molecule has 1 aliphatic heterocycles. The summed E-state index contributed by atoms with van der Waals surface area (Å²) in [5.74, 6) is 0.813. The minimum Gasteiger partial charge on any atom is -0.497 e. The van der Waals surface area contributed by atoms with Crippen LogP contribution < -0.4 is 15.4 Å². The lowest BCUT2D eigenvalue weighted by Gasteiger charge is -2.32. The van der Waals surface area contributed by atoms with Crippen LogP contribution in [0.2, 0.25) is 5.02 Å². The monoisotopic (exact) mass is 387 g/mol. The molecular weight excluding hydrogens is 362 g/mol. The van der Waals surface area contributed by atoms with Gasteiger partial charge in [0.05, 0.1) is 7.11 Å². The third kappa shape index (κ3) is 6.15. The van der Waals surface area contributed by atoms with E-state index >= 15 is 0 Å². The number of benzene rings is 2. The maximum atomic E-state index is 12.1. The van der Waals surface area contributed by atoms with E-state index in [1.54, 1.807) is 7.11 Å². The lowest BCUT2D eigenvalue weighted by molar-refractivity contribution is 0.186. The van der Waals surface area contributed by atoms with Gasteiger partial charge in [-0.1, -0.05) is 35.9 Å². The van der Waals surface area contributed by atoms with Gasteiger partial charge in [-0.25, -0.2) is 4.79 Å². The molecule has 0 unspecified atom stereocenters. The van der Waals surface area contributed by atoms with Crippen molar-refractivity contribution in [3.05, 3.63) is 64.7 Å². The molecular formula is C21H26ClN3O2. The fourth-order valence-corrected chi connectivity index (χ4v) is 3.37. The van der Waals surface area contributed by atoms with E-state index in [-0.39, 0.29) is 12.1 Å². The first-order chi connectivity index (χ1) is 13.1. The SMILES string of the molecule is COc1ccc(CNC(=O)NC2CCN(Cc3ccc(Cl)cc3)CC2)cc1. The third-order valence-electron chi connectivity index (χ3n) is 4.85. The number of hydrogen-bond acceptors (Lipinski definition) is 3. The summed E-state index contributed by atoms with van der Waals surface area (Å²) in [6.07, 6.45) is 1.92. The molecule has 0 bridgehead atoms. The van der Waals surface area contributed by atoms with E-state index in [4.69, 9.17) is 16.3 Å². The van der Waals surface area contributed by atoms with E-state index < -0.39 is 0 Å². The molecule has 6 heteroatoms. The van der Waals surface area contributed by atoms with Crippen molar-refractivity contribution < 1.29 is 9.53 Å². The minimum atomic E-state index is -0.109. The average molecular weight is 388 g/mol. The Morgan fingerprint density at radius 3 is 2.33 bits per heavy atom. The molecule has 0 saturated carbocycles. The van der Waals surface area contributed by atoms with Crippen molar-refractivity contribution in [1.82, 2.24) is 15.5 Å². The number of likely N-dealkylation sites (tertiary alicyclic amines) is 1. The van der Waals surface area contributed by atoms with E-state index in [1.807, 2.05) is 36.4 Å². The summed E-state index contributed by atoms with van der Waals surface area (Å²) < 4.78 is 5.14. The second-order valence-corrected chi connectivity index (χ2v) is 7.29. The van der Waals surface area contributed by atoms with Crippen LogP contribution in [0.3, 0.4) is 0 Å². The molecule has 1 heterocycles. The first-order valence-corrected chi connectivity index (χ1v) is 9.64. The van der Waals surface area contributed by atoms with E-state index in [2.05, 4.69) is 27.7 Å². The smallest absolute Gasteiger partial charge is 0.315 e. The molecule has 0 aliphatic carbocycles. The predicted octanol–water partition coefficient (Wildman–Crippen LogP) is 3.81. The van der Waals surface area contributed by atoms with Gasteiger partial charge in [0, 0.05) is 37.2 Å². The van der Waals surface area contributed by atoms with Crippen LogP contribution in [0, 0.1) is 0 Å². The molecule has 144 valence electrons. The van der Waals surface area contributed by atoms with Crippen molar-refractivity contribution >= 4 is 17.6 Å².